The summed E-state index contributed by atoms with van der Waals surface area (Å²) in [7, 11) is 0. The summed E-state index contributed by atoms with van der Waals surface area (Å²) in [5, 5.41) is 7.12. The van der Waals surface area contributed by atoms with E-state index in [2.05, 4.69) is 20.5 Å². The zero-order chi connectivity index (χ0) is 16.1. The van der Waals surface area contributed by atoms with E-state index in [1.807, 2.05) is 12.1 Å². The van der Waals surface area contributed by atoms with Crippen molar-refractivity contribution in [1.82, 2.24) is 15.2 Å². The SMILES string of the molecule is O=C(NCCN1CCOCC1)Nc1ccc(Cl)c2ncccc12. The molecule has 2 heterocycles. The smallest absolute Gasteiger partial charge is 0.319 e. The molecule has 0 bridgehead atoms. The number of carbonyl (C=O) groups is 1. The van der Waals surface area contributed by atoms with E-state index in [0.717, 1.165) is 38.2 Å². The number of urea groups is 1. The first-order valence-corrected chi connectivity index (χ1v) is 8.00. The monoisotopic (exact) mass is 334 g/mol. The number of nitrogens with one attached hydrogen (secondary N) is 2. The molecule has 0 atom stereocenters. The summed E-state index contributed by atoms with van der Waals surface area (Å²) in [4.78, 5) is 18.6. The van der Waals surface area contributed by atoms with Gasteiger partial charge in [0.15, 0.2) is 0 Å². The second-order valence-electron chi connectivity index (χ2n) is 5.33. The Labute approximate surface area is 139 Å². The minimum Gasteiger partial charge on any atom is -0.379 e. The summed E-state index contributed by atoms with van der Waals surface area (Å²) in [5.74, 6) is 0. The molecule has 1 saturated heterocycles. The lowest BCUT2D eigenvalue weighted by Crippen LogP contribution is -2.42. The molecule has 122 valence electrons. The molecule has 1 aromatic carbocycles. The number of halogens is 1. The topological polar surface area (TPSA) is 66.5 Å². The van der Waals surface area contributed by atoms with Crippen molar-refractivity contribution < 1.29 is 9.53 Å². The van der Waals surface area contributed by atoms with E-state index in [4.69, 9.17) is 16.3 Å². The summed E-state index contributed by atoms with van der Waals surface area (Å²) in [6.07, 6.45) is 1.68. The molecule has 2 N–H and O–H groups in total. The number of ether oxygens (including phenoxy) is 1. The molecule has 0 aliphatic carbocycles. The van der Waals surface area contributed by atoms with Gasteiger partial charge >= 0.3 is 6.03 Å². The van der Waals surface area contributed by atoms with Crippen LogP contribution in [0.1, 0.15) is 0 Å². The number of amides is 2. The number of fused-ring (bicyclic) bond motifs is 1. The van der Waals surface area contributed by atoms with Crippen LogP contribution in [0, 0.1) is 0 Å². The lowest BCUT2D eigenvalue weighted by atomic mass is 10.2. The molecule has 0 saturated carbocycles. The summed E-state index contributed by atoms with van der Waals surface area (Å²) in [6.45, 7) is 4.76. The predicted octanol–water partition coefficient (Wildman–Crippen LogP) is 2.34. The van der Waals surface area contributed by atoms with Crippen LogP contribution in [-0.2, 0) is 4.74 Å². The van der Waals surface area contributed by atoms with Crippen LogP contribution in [0.5, 0.6) is 0 Å². The van der Waals surface area contributed by atoms with Crippen molar-refractivity contribution in [3.8, 4) is 0 Å². The quantitative estimate of drug-likeness (QED) is 0.900. The molecule has 7 heteroatoms. The summed E-state index contributed by atoms with van der Waals surface area (Å²) >= 11 is 6.13. The van der Waals surface area contributed by atoms with E-state index >= 15 is 0 Å². The number of nitrogens with zero attached hydrogens (tertiary/aromatic N) is 2. The largest absolute Gasteiger partial charge is 0.379 e. The number of carbonyl (C=O) groups excluding carboxylic acids is 1. The Morgan fingerprint density at radius 2 is 2.13 bits per heavy atom. The average molecular weight is 335 g/mol. The highest BCUT2D eigenvalue weighted by molar-refractivity contribution is 6.35. The molecule has 1 aromatic heterocycles. The van der Waals surface area contributed by atoms with E-state index in [1.165, 1.54) is 0 Å². The van der Waals surface area contributed by atoms with Crippen LogP contribution < -0.4 is 10.6 Å². The molecule has 0 unspecified atom stereocenters. The Balaban J connectivity index is 1.56. The summed E-state index contributed by atoms with van der Waals surface area (Å²) in [5.41, 5.74) is 1.38. The van der Waals surface area contributed by atoms with Gasteiger partial charge in [0.05, 0.1) is 29.4 Å². The highest BCUT2D eigenvalue weighted by Gasteiger charge is 2.11. The fourth-order valence-corrected chi connectivity index (χ4v) is 2.78. The Morgan fingerprint density at radius 1 is 1.30 bits per heavy atom. The van der Waals surface area contributed by atoms with E-state index in [0.29, 0.717) is 22.8 Å². The fourth-order valence-electron chi connectivity index (χ4n) is 2.57. The third-order valence-electron chi connectivity index (χ3n) is 3.79. The number of anilines is 1. The number of morpholine rings is 1. The van der Waals surface area contributed by atoms with E-state index in [9.17, 15) is 4.79 Å². The number of aromatic nitrogens is 1. The van der Waals surface area contributed by atoms with Gasteiger partial charge < -0.3 is 15.4 Å². The van der Waals surface area contributed by atoms with Crippen LogP contribution in [0.2, 0.25) is 5.02 Å². The maximum absolute atomic E-state index is 12.1. The van der Waals surface area contributed by atoms with Gasteiger partial charge in [-0.25, -0.2) is 4.79 Å². The molecular weight excluding hydrogens is 316 g/mol. The van der Waals surface area contributed by atoms with Crippen LogP contribution in [0.3, 0.4) is 0 Å². The molecule has 1 aliphatic heterocycles. The van der Waals surface area contributed by atoms with Gasteiger partial charge in [-0.05, 0) is 24.3 Å². The molecule has 0 radical (unpaired) electrons. The highest BCUT2D eigenvalue weighted by atomic mass is 35.5. The van der Waals surface area contributed by atoms with Crippen molar-refractivity contribution in [2.75, 3.05) is 44.7 Å². The van der Waals surface area contributed by atoms with Crippen molar-refractivity contribution >= 4 is 34.2 Å². The molecule has 2 aromatic rings. The maximum atomic E-state index is 12.1. The Kier molecular flexibility index (Phi) is 5.27. The van der Waals surface area contributed by atoms with Crippen LogP contribution in [-0.4, -0.2) is 55.3 Å². The molecule has 2 amide bonds. The first-order chi connectivity index (χ1) is 11.2. The Hall–Kier alpha value is -1.89. The lowest BCUT2D eigenvalue weighted by Gasteiger charge is -2.26. The first-order valence-electron chi connectivity index (χ1n) is 7.62. The minimum absolute atomic E-state index is 0.231. The summed E-state index contributed by atoms with van der Waals surface area (Å²) < 4.78 is 5.30. The third kappa shape index (κ3) is 4.10. The van der Waals surface area contributed by atoms with Crippen molar-refractivity contribution in [1.29, 1.82) is 0 Å². The van der Waals surface area contributed by atoms with Crippen LogP contribution in [0.4, 0.5) is 10.5 Å². The molecule has 0 spiro atoms. The van der Waals surface area contributed by atoms with Crippen LogP contribution in [0.25, 0.3) is 10.9 Å². The second kappa shape index (κ2) is 7.59. The van der Waals surface area contributed by atoms with Crippen molar-refractivity contribution in [3.63, 3.8) is 0 Å². The Bertz CT molecular complexity index is 689. The normalized spacial score (nSPS) is 15.5. The van der Waals surface area contributed by atoms with Crippen LogP contribution >= 0.6 is 11.6 Å². The van der Waals surface area contributed by atoms with Gasteiger partial charge in [0.2, 0.25) is 0 Å². The van der Waals surface area contributed by atoms with Crippen molar-refractivity contribution in [2.24, 2.45) is 0 Å². The molecule has 3 rings (SSSR count). The van der Waals surface area contributed by atoms with Gasteiger partial charge in [0.25, 0.3) is 0 Å². The molecule has 23 heavy (non-hydrogen) atoms. The van der Waals surface area contributed by atoms with Gasteiger partial charge in [0, 0.05) is 37.8 Å². The zero-order valence-electron chi connectivity index (χ0n) is 12.7. The van der Waals surface area contributed by atoms with Crippen LogP contribution in [0.15, 0.2) is 30.5 Å². The van der Waals surface area contributed by atoms with Gasteiger partial charge in [-0.15, -0.1) is 0 Å². The van der Waals surface area contributed by atoms with Gasteiger partial charge in [-0.2, -0.15) is 0 Å². The van der Waals surface area contributed by atoms with Gasteiger partial charge in [-0.3, -0.25) is 9.88 Å². The molecule has 1 aliphatic rings. The fraction of sp³-hybridized carbons (Fsp3) is 0.375. The van der Waals surface area contributed by atoms with Crippen molar-refractivity contribution in [2.45, 2.75) is 0 Å². The number of hydrogen-bond acceptors (Lipinski definition) is 4. The lowest BCUT2D eigenvalue weighted by molar-refractivity contribution is 0.0388. The minimum atomic E-state index is -0.231. The highest BCUT2D eigenvalue weighted by Crippen LogP contribution is 2.27. The third-order valence-corrected chi connectivity index (χ3v) is 4.09. The van der Waals surface area contributed by atoms with E-state index < -0.39 is 0 Å². The van der Waals surface area contributed by atoms with E-state index in [1.54, 1.807) is 18.3 Å². The number of rotatable bonds is 4. The number of pyridine rings is 1. The summed E-state index contributed by atoms with van der Waals surface area (Å²) in [6, 6.07) is 7.00. The predicted molar refractivity (Wildman–Crippen MR) is 91.0 cm³/mol. The molecular formula is C16H19ClN4O2. The number of hydrogen-bond donors (Lipinski definition) is 2. The molecule has 6 nitrogen and oxygen atoms in total. The zero-order valence-corrected chi connectivity index (χ0v) is 13.5. The van der Waals surface area contributed by atoms with E-state index in [-0.39, 0.29) is 6.03 Å². The maximum Gasteiger partial charge on any atom is 0.319 e. The van der Waals surface area contributed by atoms with Crippen molar-refractivity contribution in [3.05, 3.63) is 35.5 Å². The van der Waals surface area contributed by atoms with Gasteiger partial charge in [-0.1, -0.05) is 11.6 Å². The Morgan fingerprint density at radius 3 is 2.96 bits per heavy atom. The average Bonchev–Trinajstić information content (AvgIpc) is 2.59. The standard InChI is InChI=1S/C16H19ClN4O2/c17-13-3-4-14(12-2-1-5-18-15(12)13)20-16(22)19-6-7-21-8-10-23-11-9-21/h1-5H,6-11H2,(H2,19,20,22). The van der Waals surface area contributed by atoms with Gasteiger partial charge in [0.1, 0.15) is 0 Å². The molecule has 1 fully saturated rings. The first kappa shape index (κ1) is 16.0. The number of benzene rings is 1. The second-order valence-corrected chi connectivity index (χ2v) is 5.74.